The van der Waals surface area contributed by atoms with Crippen LogP contribution in [-0.4, -0.2) is 23.3 Å². The predicted octanol–water partition coefficient (Wildman–Crippen LogP) is 10.0. The van der Waals surface area contributed by atoms with Crippen molar-refractivity contribution >= 4 is 61.7 Å². The molecular weight excluding hydrogens is 790 g/mol. The Morgan fingerprint density at radius 1 is 0.725 bits per heavy atom. The molecule has 5 aromatic rings. The summed E-state index contributed by atoms with van der Waals surface area (Å²) in [5.74, 6) is 0.608. The molecular formula is C42H52BBrN4O2Pd. The van der Waals surface area contributed by atoms with Crippen LogP contribution in [0.25, 0.3) is 21.7 Å². The maximum atomic E-state index is 9.08. The number of aromatic nitrogens is 1. The summed E-state index contributed by atoms with van der Waals surface area (Å²) < 4.78 is 12.8. The fourth-order valence-corrected chi connectivity index (χ4v) is 6.24. The van der Waals surface area contributed by atoms with E-state index in [-0.39, 0.29) is 37.0 Å². The Labute approximate surface area is 327 Å². The largest absolute Gasteiger partial charge is 0.496 e. The number of anilines is 2. The van der Waals surface area contributed by atoms with Crippen molar-refractivity contribution in [3.05, 3.63) is 106 Å². The number of nitrogen functional groups attached to an aromatic ring is 2. The summed E-state index contributed by atoms with van der Waals surface area (Å²) >= 11 is 3.43. The van der Waals surface area contributed by atoms with Gasteiger partial charge in [-0.2, -0.15) is 5.26 Å². The molecule has 1 aliphatic heterocycles. The molecule has 0 amide bonds. The van der Waals surface area contributed by atoms with Gasteiger partial charge in [-0.25, -0.2) is 4.98 Å². The Morgan fingerprint density at radius 2 is 1.24 bits per heavy atom. The van der Waals surface area contributed by atoms with Gasteiger partial charge in [-0.3, -0.25) is 0 Å². The van der Waals surface area contributed by atoms with Crippen molar-refractivity contribution in [3.8, 4) is 6.07 Å². The molecule has 1 saturated heterocycles. The number of hydrogen-bond acceptors (Lipinski definition) is 6. The van der Waals surface area contributed by atoms with Crippen LogP contribution in [-0.2, 0) is 42.6 Å². The van der Waals surface area contributed by atoms with Gasteiger partial charge in [-0.15, -0.1) is 0 Å². The summed E-state index contributed by atoms with van der Waals surface area (Å²) in [5, 5.41) is 12.5. The van der Waals surface area contributed by atoms with Gasteiger partial charge in [-0.1, -0.05) is 96.1 Å². The summed E-state index contributed by atoms with van der Waals surface area (Å²) in [5.41, 5.74) is 17.5. The van der Waals surface area contributed by atoms with Crippen molar-refractivity contribution in [2.24, 2.45) is 10.8 Å². The number of halogens is 1. The van der Waals surface area contributed by atoms with Crippen LogP contribution in [0.4, 0.5) is 11.5 Å². The second-order valence-corrected chi connectivity index (χ2v) is 17.4. The fourth-order valence-electron chi connectivity index (χ4n) is 5.82. The first-order chi connectivity index (χ1) is 23.2. The minimum absolute atomic E-state index is 0. The number of nitrogens with zero attached hydrogens (tertiary/aromatic N) is 2. The quantitative estimate of drug-likeness (QED) is 0.106. The predicted molar refractivity (Wildman–Crippen MR) is 215 cm³/mol. The Kier molecular flexibility index (Phi) is 13.7. The van der Waals surface area contributed by atoms with Crippen LogP contribution in [0.1, 0.15) is 85.9 Å². The zero-order valence-electron chi connectivity index (χ0n) is 31.6. The standard InChI is InChI=1S/C18H20N2.C13H16BNO2.C11H16BrN.Pd/c1-18(2,3)11-12-8-9-16-15(10-12)13-6-4-5-7-14(13)17(19)20-16;1-12(2)13(3,4)17-14(16-12)11-8-6-5-7-10(11)9-15;1-11(2,3)7-8-4-5-10(13)9(12)6-8;/h4-10H,11H2,1-3H3,(H2,19,20);5-8H,1-4H3;4-6H,7,13H2,1-3H3;. The van der Waals surface area contributed by atoms with E-state index in [0.717, 1.165) is 39.4 Å². The van der Waals surface area contributed by atoms with Crippen LogP contribution in [0.15, 0.2) is 89.4 Å². The number of benzene rings is 4. The monoisotopic (exact) mass is 840 g/mol. The van der Waals surface area contributed by atoms with Crippen LogP contribution in [0.3, 0.4) is 0 Å². The van der Waals surface area contributed by atoms with E-state index in [1.165, 1.54) is 21.9 Å². The molecule has 1 fully saturated rings. The topological polar surface area (TPSA) is 107 Å². The Morgan fingerprint density at radius 3 is 1.78 bits per heavy atom. The maximum absolute atomic E-state index is 9.08. The van der Waals surface area contributed by atoms with E-state index >= 15 is 0 Å². The zero-order valence-corrected chi connectivity index (χ0v) is 34.8. The number of rotatable bonds is 3. The Balaban J connectivity index is 0.000000210. The van der Waals surface area contributed by atoms with Crippen molar-refractivity contribution in [1.82, 2.24) is 4.98 Å². The van der Waals surface area contributed by atoms with Gasteiger partial charge < -0.3 is 20.8 Å². The Hall–Kier alpha value is -3.23. The fraction of sp³-hybridized carbons (Fsp3) is 0.381. The molecule has 0 aliphatic carbocycles. The molecule has 0 saturated carbocycles. The van der Waals surface area contributed by atoms with Crippen LogP contribution in [0.5, 0.6) is 0 Å². The maximum Gasteiger partial charge on any atom is 0.496 e. The normalized spacial score (nSPS) is 14.8. The molecule has 0 bridgehead atoms. The smallest absolute Gasteiger partial charge is 0.399 e. The van der Waals surface area contributed by atoms with Crippen molar-refractivity contribution in [2.75, 3.05) is 11.5 Å². The van der Waals surface area contributed by atoms with E-state index in [1.807, 2.05) is 64.1 Å². The number of pyridine rings is 1. The van der Waals surface area contributed by atoms with Crippen LogP contribution < -0.4 is 16.9 Å². The number of nitrogens with two attached hydrogens (primary N) is 2. The first kappa shape index (κ1) is 42.2. The van der Waals surface area contributed by atoms with Gasteiger partial charge in [-0.05, 0) is 114 Å². The van der Waals surface area contributed by atoms with Gasteiger partial charge in [0, 0.05) is 46.8 Å². The van der Waals surface area contributed by atoms with Gasteiger partial charge in [0.15, 0.2) is 0 Å². The van der Waals surface area contributed by atoms with Crippen LogP contribution in [0, 0.1) is 22.2 Å². The number of hydrogen-bond donors (Lipinski definition) is 2. The molecule has 0 atom stereocenters. The van der Waals surface area contributed by atoms with Crippen molar-refractivity contribution in [2.45, 2.75) is 93.3 Å². The third-order valence-electron chi connectivity index (χ3n) is 8.92. The van der Waals surface area contributed by atoms with E-state index in [0.29, 0.717) is 16.8 Å². The molecule has 272 valence electrons. The van der Waals surface area contributed by atoms with Crippen molar-refractivity contribution < 1.29 is 29.7 Å². The molecule has 0 radical (unpaired) electrons. The van der Waals surface area contributed by atoms with Gasteiger partial charge in [0.25, 0.3) is 0 Å². The van der Waals surface area contributed by atoms with E-state index < -0.39 is 7.12 Å². The molecule has 2 heterocycles. The molecule has 6 nitrogen and oxygen atoms in total. The minimum atomic E-state index is -0.462. The molecule has 4 N–H and O–H groups in total. The van der Waals surface area contributed by atoms with E-state index in [2.05, 4.69) is 111 Å². The zero-order chi connectivity index (χ0) is 37.1. The van der Waals surface area contributed by atoms with Crippen LogP contribution >= 0.6 is 15.9 Å². The molecule has 9 heteroatoms. The van der Waals surface area contributed by atoms with Crippen LogP contribution in [0.2, 0.25) is 0 Å². The van der Waals surface area contributed by atoms with Gasteiger partial charge in [0.1, 0.15) is 5.82 Å². The Bertz CT molecular complexity index is 2000. The second-order valence-electron chi connectivity index (χ2n) is 16.5. The first-order valence-electron chi connectivity index (χ1n) is 17.2. The molecule has 6 rings (SSSR count). The van der Waals surface area contributed by atoms with E-state index in [9.17, 15) is 0 Å². The van der Waals surface area contributed by atoms with Gasteiger partial charge >= 0.3 is 7.12 Å². The van der Waals surface area contributed by atoms with Crippen molar-refractivity contribution in [3.63, 3.8) is 0 Å². The summed E-state index contributed by atoms with van der Waals surface area (Å²) in [6, 6.07) is 30.4. The average molecular weight is 842 g/mol. The molecule has 0 unspecified atom stereocenters. The van der Waals surface area contributed by atoms with E-state index in [4.69, 9.17) is 26.0 Å². The summed E-state index contributed by atoms with van der Waals surface area (Å²) in [6.45, 7) is 21.5. The van der Waals surface area contributed by atoms with E-state index in [1.54, 1.807) is 6.07 Å². The number of nitriles is 1. The van der Waals surface area contributed by atoms with Gasteiger partial charge in [0.2, 0.25) is 0 Å². The minimum Gasteiger partial charge on any atom is -0.399 e. The number of fused-ring (bicyclic) bond motifs is 3. The molecule has 1 aliphatic rings. The third-order valence-corrected chi connectivity index (χ3v) is 9.60. The molecule has 51 heavy (non-hydrogen) atoms. The summed E-state index contributed by atoms with van der Waals surface area (Å²) in [4.78, 5) is 4.52. The SMILES string of the molecule is CC(C)(C)Cc1ccc(N)c(Br)c1.CC(C)(C)Cc1ccc2nc(N)c3ccccc3c2c1.CC1(C)OB(c2ccccc2C#N)OC1(C)C.[Pd]. The average Bonchev–Trinajstić information content (AvgIpc) is 3.24. The first-order valence-corrected chi connectivity index (χ1v) is 17.9. The molecule has 1 aromatic heterocycles. The molecule has 4 aromatic carbocycles. The summed E-state index contributed by atoms with van der Waals surface area (Å²) in [6.07, 6.45) is 2.13. The second kappa shape index (κ2) is 16.6. The summed E-state index contributed by atoms with van der Waals surface area (Å²) in [7, 11) is -0.462. The molecule has 0 spiro atoms. The third kappa shape index (κ3) is 11.1. The van der Waals surface area contributed by atoms with Gasteiger partial charge in [0.05, 0.1) is 28.4 Å². The van der Waals surface area contributed by atoms with Crippen molar-refractivity contribution in [1.29, 1.82) is 5.26 Å².